The van der Waals surface area contributed by atoms with Gasteiger partial charge in [0.1, 0.15) is 0 Å². The van der Waals surface area contributed by atoms with Gasteiger partial charge in [-0.3, -0.25) is 9.59 Å². The van der Waals surface area contributed by atoms with Gasteiger partial charge in [-0.05, 0) is 18.4 Å². The zero-order valence-corrected chi connectivity index (χ0v) is 12.3. The van der Waals surface area contributed by atoms with Gasteiger partial charge in [-0.25, -0.2) is 4.79 Å². The molecule has 2 N–H and O–H groups in total. The van der Waals surface area contributed by atoms with E-state index in [1.165, 1.54) is 16.2 Å². The van der Waals surface area contributed by atoms with E-state index in [4.69, 9.17) is 9.84 Å². The third kappa shape index (κ3) is 4.02. The predicted molar refractivity (Wildman–Crippen MR) is 75.2 cm³/mol. The summed E-state index contributed by atoms with van der Waals surface area (Å²) in [7, 11) is 0. The summed E-state index contributed by atoms with van der Waals surface area (Å²) in [4.78, 5) is 36.7. The number of aliphatic carboxylic acids is 1. The molecule has 1 fully saturated rings. The van der Waals surface area contributed by atoms with E-state index < -0.39 is 12.1 Å². The number of rotatable bonds is 4. The van der Waals surface area contributed by atoms with Crippen molar-refractivity contribution in [3.05, 3.63) is 22.4 Å². The standard InChI is InChI=1S/C13H16N2O5S/c1-8-6-15(7-9(20-8)13(18)19)11(16)5-14-12(17)10-3-2-4-21-10/h2-4,8-9H,5-7H2,1H3,(H,14,17)(H,18,19)/t8-,9?/m1/s1. The molecule has 1 aromatic heterocycles. The van der Waals surface area contributed by atoms with Crippen molar-refractivity contribution in [2.45, 2.75) is 19.1 Å². The highest BCUT2D eigenvalue weighted by Crippen LogP contribution is 2.12. The highest BCUT2D eigenvalue weighted by atomic mass is 32.1. The molecular formula is C13H16N2O5S. The second-order valence-corrected chi connectivity index (χ2v) is 5.68. The minimum Gasteiger partial charge on any atom is -0.479 e. The number of carbonyl (C=O) groups excluding carboxylic acids is 2. The molecule has 0 spiro atoms. The zero-order chi connectivity index (χ0) is 15.4. The van der Waals surface area contributed by atoms with Gasteiger partial charge in [0.15, 0.2) is 6.10 Å². The zero-order valence-electron chi connectivity index (χ0n) is 11.4. The second-order valence-electron chi connectivity index (χ2n) is 4.73. The number of morpholine rings is 1. The molecule has 2 heterocycles. The number of amides is 2. The van der Waals surface area contributed by atoms with E-state index in [9.17, 15) is 14.4 Å². The van der Waals surface area contributed by atoms with Gasteiger partial charge in [-0.1, -0.05) is 6.07 Å². The maximum atomic E-state index is 12.1. The molecular weight excluding hydrogens is 296 g/mol. The lowest BCUT2D eigenvalue weighted by atomic mass is 10.2. The van der Waals surface area contributed by atoms with Crippen LogP contribution in [0.15, 0.2) is 17.5 Å². The van der Waals surface area contributed by atoms with Crippen molar-refractivity contribution < 1.29 is 24.2 Å². The topological polar surface area (TPSA) is 95.9 Å². The lowest BCUT2D eigenvalue weighted by Gasteiger charge is -2.34. The summed E-state index contributed by atoms with van der Waals surface area (Å²) in [6.45, 7) is 1.86. The first kappa shape index (κ1) is 15.5. The fourth-order valence-corrected chi connectivity index (χ4v) is 2.69. The van der Waals surface area contributed by atoms with E-state index in [2.05, 4.69) is 5.32 Å². The molecule has 1 aromatic rings. The summed E-state index contributed by atoms with van der Waals surface area (Å²) in [5.74, 6) is -1.72. The summed E-state index contributed by atoms with van der Waals surface area (Å²) in [5, 5.41) is 13.3. The largest absolute Gasteiger partial charge is 0.479 e. The van der Waals surface area contributed by atoms with E-state index in [-0.39, 0.29) is 31.0 Å². The molecule has 0 bridgehead atoms. The first-order chi connectivity index (χ1) is 9.97. The molecule has 1 aliphatic rings. The first-order valence-corrected chi connectivity index (χ1v) is 7.33. The number of thiophene rings is 1. The SMILES string of the molecule is C[C@@H]1CN(C(=O)CNC(=O)c2cccs2)CC(C(=O)O)O1. The lowest BCUT2D eigenvalue weighted by Crippen LogP contribution is -2.53. The van der Waals surface area contributed by atoms with Crippen LogP contribution < -0.4 is 5.32 Å². The predicted octanol–water partition coefficient (Wildman–Crippen LogP) is 0.178. The number of ether oxygens (including phenoxy) is 1. The fourth-order valence-electron chi connectivity index (χ4n) is 2.05. The van der Waals surface area contributed by atoms with Gasteiger partial charge < -0.3 is 20.1 Å². The van der Waals surface area contributed by atoms with Crippen molar-refractivity contribution in [3.63, 3.8) is 0 Å². The van der Waals surface area contributed by atoms with E-state index >= 15 is 0 Å². The first-order valence-electron chi connectivity index (χ1n) is 6.45. The molecule has 114 valence electrons. The van der Waals surface area contributed by atoms with Crippen LogP contribution in [0.3, 0.4) is 0 Å². The van der Waals surface area contributed by atoms with Crippen LogP contribution in [0.2, 0.25) is 0 Å². The monoisotopic (exact) mass is 312 g/mol. The molecule has 0 radical (unpaired) electrons. The molecule has 2 amide bonds. The molecule has 1 unspecified atom stereocenters. The quantitative estimate of drug-likeness (QED) is 0.827. The smallest absolute Gasteiger partial charge is 0.334 e. The van der Waals surface area contributed by atoms with Crippen molar-refractivity contribution in [3.8, 4) is 0 Å². The Morgan fingerprint density at radius 2 is 2.24 bits per heavy atom. The van der Waals surface area contributed by atoms with Gasteiger partial charge in [0.2, 0.25) is 5.91 Å². The average molecular weight is 312 g/mol. The van der Waals surface area contributed by atoms with Gasteiger partial charge in [0, 0.05) is 6.54 Å². The summed E-state index contributed by atoms with van der Waals surface area (Å²) in [6.07, 6.45) is -1.37. The molecule has 2 rings (SSSR count). The molecule has 0 aliphatic carbocycles. The van der Waals surface area contributed by atoms with E-state index in [0.717, 1.165) is 0 Å². The van der Waals surface area contributed by atoms with Crippen LogP contribution in [0.5, 0.6) is 0 Å². The highest BCUT2D eigenvalue weighted by Gasteiger charge is 2.32. The number of nitrogens with zero attached hydrogens (tertiary/aromatic N) is 1. The summed E-state index contributed by atoms with van der Waals surface area (Å²) >= 11 is 1.29. The minimum atomic E-state index is -1.10. The maximum Gasteiger partial charge on any atom is 0.334 e. The molecule has 1 aliphatic heterocycles. The van der Waals surface area contributed by atoms with E-state index in [1.807, 2.05) is 0 Å². The van der Waals surface area contributed by atoms with Crippen molar-refractivity contribution >= 4 is 29.1 Å². The molecule has 0 aromatic carbocycles. The number of carboxylic acid groups (broad SMARTS) is 1. The summed E-state index contributed by atoms with van der Waals surface area (Å²) in [5.41, 5.74) is 0. The number of hydrogen-bond donors (Lipinski definition) is 2. The van der Waals surface area contributed by atoms with Crippen LogP contribution in [0, 0.1) is 0 Å². The van der Waals surface area contributed by atoms with Crippen LogP contribution >= 0.6 is 11.3 Å². The number of carboxylic acids is 1. The van der Waals surface area contributed by atoms with Gasteiger partial charge in [-0.15, -0.1) is 11.3 Å². The van der Waals surface area contributed by atoms with Gasteiger partial charge in [-0.2, -0.15) is 0 Å². The van der Waals surface area contributed by atoms with Gasteiger partial charge in [0.05, 0.1) is 24.1 Å². The van der Waals surface area contributed by atoms with Crippen LogP contribution in [0.25, 0.3) is 0 Å². The number of hydrogen-bond acceptors (Lipinski definition) is 5. The third-order valence-electron chi connectivity index (χ3n) is 3.03. The van der Waals surface area contributed by atoms with Crippen molar-refractivity contribution in [2.75, 3.05) is 19.6 Å². The van der Waals surface area contributed by atoms with Gasteiger partial charge in [0.25, 0.3) is 5.91 Å². The number of nitrogens with one attached hydrogen (secondary N) is 1. The van der Waals surface area contributed by atoms with Crippen molar-refractivity contribution in [1.82, 2.24) is 10.2 Å². The van der Waals surface area contributed by atoms with Crippen LogP contribution in [0.4, 0.5) is 0 Å². The van der Waals surface area contributed by atoms with Crippen LogP contribution in [0.1, 0.15) is 16.6 Å². The average Bonchev–Trinajstić information content (AvgIpc) is 2.97. The normalized spacial score (nSPS) is 21.9. The van der Waals surface area contributed by atoms with Crippen molar-refractivity contribution in [2.24, 2.45) is 0 Å². The molecule has 1 saturated heterocycles. The fraction of sp³-hybridized carbons (Fsp3) is 0.462. The Kier molecular flexibility index (Phi) is 4.92. The Morgan fingerprint density at radius 1 is 1.48 bits per heavy atom. The minimum absolute atomic E-state index is 0.00657. The Balaban J connectivity index is 1.87. The lowest BCUT2D eigenvalue weighted by molar-refractivity contribution is -0.166. The number of carbonyl (C=O) groups is 3. The molecule has 8 heteroatoms. The molecule has 2 atom stereocenters. The Bertz CT molecular complexity index is 531. The molecule has 21 heavy (non-hydrogen) atoms. The van der Waals surface area contributed by atoms with E-state index in [1.54, 1.807) is 24.4 Å². The van der Waals surface area contributed by atoms with Gasteiger partial charge >= 0.3 is 5.97 Å². The van der Waals surface area contributed by atoms with Crippen LogP contribution in [-0.4, -0.2) is 59.6 Å². The maximum absolute atomic E-state index is 12.1. The van der Waals surface area contributed by atoms with Crippen LogP contribution in [-0.2, 0) is 14.3 Å². The Morgan fingerprint density at radius 3 is 2.86 bits per heavy atom. The highest BCUT2D eigenvalue weighted by molar-refractivity contribution is 7.12. The Labute approximate surface area is 125 Å². The Hall–Kier alpha value is -1.93. The molecule has 0 saturated carbocycles. The van der Waals surface area contributed by atoms with Crippen molar-refractivity contribution in [1.29, 1.82) is 0 Å². The van der Waals surface area contributed by atoms with E-state index in [0.29, 0.717) is 11.4 Å². The summed E-state index contributed by atoms with van der Waals surface area (Å²) in [6, 6.07) is 3.42. The third-order valence-corrected chi connectivity index (χ3v) is 3.90. The summed E-state index contributed by atoms with van der Waals surface area (Å²) < 4.78 is 5.23. The second kappa shape index (κ2) is 6.68. The molecule has 7 nitrogen and oxygen atoms in total.